The Hall–Kier alpha value is -3.15. The lowest BCUT2D eigenvalue weighted by Gasteiger charge is -2.31. The summed E-state index contributed by atoms with van der Waals surface area (Å²) in [5, 5.41) is 4.00. The number of carbonyl (C=O) groups excluding carboxylic acids is 1. The predicted molar refractivity (Wildman–Crippen MR) is 87.5 cm³/mol. The maximum Gasteiger partial charge on any atom is 0.268 e. The fraction of sp³-hybridized carbons (Fsp3) is 0.167. The first-order valence-electron chi connectivity index (χ1n) is 7.67. The van der Waals surface area contributed by atoms with Crippen LogP contribution in [0.4, 0.5) is 5.69 Å². The SMILES string of the molecule is CC1Oc2ccccc2N(Cc2nc(-c3ccccc3)no2)C1=O. The highest BCUT2D eigenvalue weighted by molar-refractivity contribution is 5.99. The Morgan fingerprint density at radius 2 is 1.83 bits per heavy atom. The third-order valence-corrected chi connectivity index (χ3v) is 3.87. The van der Waals surface area contributed by atoms with Crippen molar-refractivity contribution in [2.45, 2.75) is 19.6 Å². The average molecular weight is 321 g/mol. The lowest BCUT2D eigenvalue weighted by atomic mass is 10.2. The molecule has 0 bridgehead atoms. The zero-order chi connectivity index (χ0) is 16.5. The van der Waals surface area contributed by atoms with E-state index in [0.717, 1.165) is 5.56 Å². The molecular formula is C18H15N3O3. The van der Waals surface area contributed by atoms with Gasteiger partial charge < -0.3 is 9.26 Å². The number of aromatic nitrogens is 2. The Morgan fingerprint density at radius 1 is 1.08 bits per heavy atom. The topological polar surface area (TPSA) is 68.5 Å². The molecule has 0 saturated carbocycles. The summed E-state index contributed by atoms with van der Waals surface area (Å²) in [6, 6.07) is 17.0. The van der Waals surface area contributed by atoms with Crippen molar-refractivity contribution in [1.82, 2.24) is 10.1 Å². The number of ether oxygens (including phenoxy) is 1. The van der Waals surface area contributed by atoms with Gasteiger partial charge in [0.25, 0.3) is 5.91 Å². The number of anilines is 1. The molecule has 3 aromatic rings. The molecule has 1 atom stereocenters. The second-order valence-corrected chi connectivity index (χ2v) is 5.53. The van der Waals surface area contributed by atoms with Crippen molar-refractivity contribution in [3.8, 4) is 17.1 Å². The smallest absolute Gasteiger partial charge is 0.268 e. The minimum Gasteiger partial charge on any atom is -0.479 e. The Bertz CT molecular complexity index is 876. The first-order valence-corrected chi connectivity index (χ1v) is 7.67. The van der Waals surface area contributed by atoms with Crippen LogP contribution < -0.4 is 9.64 Å². The summed E-state index contributed by atoms with van der Waals surface area (Å²) in [6.45, 7) is 1.94. The van der Waals surface area contributed by atoms with E-state index in [4.69, 9.17) is 9.26 Å². The summed E-state index contributed by atoms with van der Waals surface area (Å²) < 4.78 is 11.0. The van der Waals surface area contributed by atoms with Crippen molar-refractivity contribution in [2.75, 3.05) is 4.90 Å². The van der Waals surface area contributed by atoms with Crippen molar-refractivity contribution < 1.29 is 14.1 Å². The molecule has 0 aliphatic carbocycles. The van der Waals surface area contributed by atoms with Gasteiger partial charge >= 0.3 is 0 Å². The van der Waals surface area contributed by atoms with Crippen LogP contribution in [0.2, 0.25) is 0 Å². The molecule has 0 N–H and O–H groups in total. The molecule has 0 saturated heterocycles. The first kappa shape index (κ1) is 14.4. The molecule has 120 valence electrons. The molecule has 2 aromatic carbocycles. The summed E-state index contributed by atoms with van der Waals surface area (Å²) in [5.74, 6) is 1.43. The van der Waals surface area contributed by atoms with Crippen LogP contribution >= 0.6 is 0 Å². The monoisotopic (exact) mass is 321 g/mol. The van der Waals surface area contributed by atoms with Gasteiger partial charge in [0.15, 0.2) is 6.10 Å². The van der Waals surface area contributed by atoms with E-state index in [0.29, 0.717) is 23.2 Å². The highest BCUT2D eigenvalue weighted by atomic mass is 16.5. The van der Waals surface area contributed by atoms with E-state index in [9.17, 15) is 4.79 Å². The van der Waals surface area contributed by atoms with E-state index >= 15 is 0 Å². The number of carbonyl (C=O) groups is 1. The number of rotatable bonds is 3. The van der Waals surface area contributed by atoms with E-state index in [1.54, 1.807) is 11.8 Å². The van der Waals surface area contributed by atoms with E-state index < -0.39 is 6.10 Å². The summed E-state index contributed by atoms with van der Waals surface area (Å²) in [6.07, 6.45) is -0.545. The third kappa shape index (κ3) is 2.52. The molecule has 0 fully saturated rings. The quantitative estimate of drug-likeness (QED) is 0.741. The summed E-state index contributed by atoms with van der Waals surface area (Å²) in [5.41, 5.74) is 1.58. The second kappa shape index (κ2) is 5.81. The molecule has 0 spiro atoms. The highest BCUT2D eigenvalue weighted by Gasteiger charge is 2.32. The average Bonchev–Trinajstić information content (AvgIpc) is 3.08. The van der Waals surface area contributed by atoms with Gasteiger partial charge in [0, 0.05) is 5.56 Å². The van der Waals surface area contributed by atoms with Crippen LogP contribution in [-0.2, 0) is 11.3 Å². The van der Waals surface area contributed by atoms with E-state index in [2.05, 4.69) is 10.1 Å². The van der Waals surface area contributed by atoms with Gasteiger partial charge in [0.2, 0.25) is 11.7 Å². The molecule has 6 heteroatoms. The predicted octanol–water partition coefficient (Wildman–Crippen LogP) is 3.05. The molecule has 1 aliphatic heterocycles. The maximum atomic E-state index is 12.5. The maximum absolute atomic E-state index is 12.5. The molecule has 6 nitrogen and oxygen atoms in total. The van der Waals surface area contributed by atoms with Crippen molar-refractivity contribution in [1.29, 1.82) is 0 Å². The van der Waals surface area contributed by atoms with Gasteiger partial charge in [0.05, 0.1) is 5.69 Å². The summed E-state index contributed by atoms with van der Waals surface area (Å²) in [7, 11) is 0. The van der Waals surface area contributed by atoms with E-state index in [1.165, 1.54) is 0 Å². The van der Waals surface area contributed by atoms with Gasteiger partial charge in [-0.25, -0.2) is 0 Å². The van der Waals surface area contributed by atoms with Crippen molar-refractivity contribution in [2.24, 2.45) is 0 Å². The van der Waals surface area contributed by atoms with Crippen LogP contribution in [0.15, 0.2) is 59.1 Å². The Kier molecular flexibility index (Phi) is 3.49. The van der Waals surface area contributed by atoms with Crippen LogP contribution in [0.1, 0.15) is 12.8 Å². The molecular weight excluding hydrogens is 306 g/mol. The van der Waals surface area contributed by atoms with Crippen molar-refractivity contribution in [3.63, 3.8) is 0 Å². The van der Waals surface area contributed by atoms with Gasteiger partial charge in [-0.1, -0.05) is 47.6 Å². The normalized spacial score (nSPS) is 16.6. The van der Waals surface area contributed by atoms with Gasteiger partial charge in [0.1, 0.15) is 12.3 Å². The number of amides is 1. The molecule has 1 amide bonds. The van der Waals surface area contributed by atoms with E-state index in [1.807, 2.05) is 54.6 Å². The third-order valence-electron chi connectivity index (χ3n) is 3.87. The summed E-state index contributed by atoms with van der Waals surface area (Å²) in [4.78, 5) is 18.5. The zero-order valence-corrected chi connectivity index (χ0v) is 13.0. The lowest BCUT2D eigenvalue weighted by Crippen LogP contribution is -2.44. The molecule has 1 unspecified atom stereocenters. The molecule has 24 heavy (non-hydrogen) atoms. The number of benzene rings is 2. The van der Waals surface area contributed by atoms with Gasteiger partial charge in [-0.15, -0.1) is 0 Å². The fourth-order valence-electron chi connectivity index (χ4n) is 2.68. The first-order chi connectivity index (χ1) is 11.7. The minimum absolute atomic E-state index is 0.131. The van der Waals surface area contributed by atoms with Crippen LogP contribution in [0, 0.1) is 0 Å². The number of hydrogen-bond acceptors (Lipinski definition) is 5. The largest absolute Gasteiger partial charge is 0.479 e. The summed E-state index contributed by atoms with van der Waals surface area (Å²) >= 11 is 0. The zero-order valence-electron chi connectivity index (χ0n) is 13.0. The number of fused-ring (bicyclic) bond motifs is 1. The highest BCUT2D eigenvalue weighted by Crippen LogP contribution is 2.34. The van der Waals surface area contributed by atoms with Gasteiger partial charge in [-0.05, 0) is 19.1 Å². The van der Waals surface area contributed by atoms with Gasteiger partial charge in [-0.3, -0.25) is 9.69 Å². The Labute approximate surface area is 138 Å². The van der Waals surface area contributed by atoms with Gasteiger partial charge in [-0.2, -0.15) is 4.98 Å². The standard InChI is InChI=1S/C18H15N3O3/c1-12-18(22)21(14-9-5-6-10-15(14)23-12)11-16-19-17(20-24-16)13-7-3-2-4-8-13/h2-10,12H,11H2,1H3. The van der Waals surface area contributed by atoms with E-state index in [-0.39, 0.29) is 12.5 Å². The molecule has 2 heterocycles. The van der Waals surface area contributed by atoms with Crippen LogP contribution in [-0.4, -0.2) is 22.2 Å². The lowest BCUT2D eigenvalue weighted by molar-refractivity contribution is -0.125. The van der Waals surface area contributed by atoms with Crippen LogP contribution in [0.3, 0.4) is 0 Å². The molecule has 1 aromatic heterocycles. The number of para-hydroxylation sites is 2. The minimum atomic E-state index is -0.545. The fourth-order valence-corrected chi connectivity index (χ4v) is 2.68. The number of nitrogens with zero attached hydrogens (tertiary/aromatic N) is 3. The molecule has 1 aliphatic rings. The Balaban J connectivity index is 1.64. The molecule has 0 radical (unpaired) electrons. The number of hydrogen-bond donors (Lipinski definition) is 0. The Morgan fingerprint density at radius 3 is 2.67 bits per heavy atom. The van der Waals surface area contributed by atoms with Crippen LogP contribution in [0.25, 0.3) is 11.4 Å². The molecule has 4 rings (SSSR count). The van der Waals surface area contributed by atoms with Crippen molar-refractivity contribution >= 4 is 11.6 Å². The van der Waals surface area contributed by atoms with Crippen molar-refractivity contribution in [3.05, 3.63) is 60.5 Å². The second-order valence-electron chi connectivity index (χ2n) is 5.53. The van der Waals surface area contributed by atoms with Crippen LogP contribution in [0.5, 0.6) is 5.75 Å².